The van der Waals surface area contributed by atoms with Crippen molar-refractivity contribution in [2.24, 2.45) is 0 Å². The lowest BCUT2D eigenvalue weighted by Gasteiger charge is -2.23. The van der Waals surface area contributed by atoms with E-state index in [-0.39, 0.29) is 11.8 Å². The van der Waals surface area contributed by atoms with Gasteiger partial charge in [-0.3, -0.25) is 9.59 Å². The Kier molecular flexibility index (Phi) is 7.69. The number of amides is 2. The van der Waals surface area contributed by atoms with E-state index in [4.69, 9.17) is 9.47 Å². The van der Waals surface area contributed by atoms with Crippen molar-refractivity contribution >= 4 is 34.7 Å². The Morgan fingerprint density at radius 3 is 2.69 bits per heavy atom. The third-order valence-corrected chi connectivity index (χ3v) is 6.19. The van der Waals surface area contributed by atoms with Gasteiger partial charge < -0.3 is 29.9 Å². The Labute approximate surface area is 205 Å². The average Bonchev–Trinajstić information content (AvgIpc) is 3.18. The zero-order valence-corrected chi connectivity index (χ0v) is 20.5. The number of fused-ring (bicyclic) bond motifs is 2. The van der Waals surface area contributed by atoms with E-state index >= 15 is 0 Å². The van der Waals surface area contributed by atoms with Crippen LogP contribution in [0.4, 0.5) is 17.3 Å². The number of hydrogen-bond donors (Lipinski definition) is 2. The molecule has 1 aromatic carbocycles. The van der Waals surface area contributed by atoms with E-state index < -0.39 is 0 Å². The molecule has 0 aliphatic carbocycles. The molecule has 186 valence electrons. The van der Waals surface area contributed by atoms with Crippen molar-refractivity contribution in [2.75, 3.05) is 56.4 Å². The normalized spacial score (nSPS) is 19.0. The van der Waals surface area contributed by atoms with Gasteiger partial charge in [-0.1, -0.05) is 0 Å². The van der Waals surface area contributed by atoms with E-state index in [9.17, 15) is 9.59 Å². The number of nitrogens with one attached hydrogen (secondary N) is 2. The molecule has 0 saturated heterocycles. The smallest absolute Gasteiger partial charge is 0.259 e. The maximum atomic E-state index is 12.8. The first kappa shape index (κ1) is 24.3. The fraction of sp³-hybridized carbons (Fsp3) is 0.440. The van der Waals surface area contributed by atoms with Gasteiger partial charge in [0.05, 0.1) is 24.9 Å². The number of aromatic nitrogens is 2. The van der Waals surface area contributed by atoms with Crippen LogP contribution in [0.2, 0.25) is 0 Å². The van der Waals surface area contributed by atoms with Gasteiger partial charge in [0.1, 0.15) is 18.0 Å². The lowest BCUT2D eigenvalue weighted by molar-refractivity contribution is -0.130. The van der Waals surface area contributed by atoms with Crippen molar-refractivity contribution in [1.29, 1.82) is 0 Å². The molecular weight excluding hydrogens is 448 g/mol. The summed E-state index contributed by atoms with van der Waals surface area (Å²) in [5.41, 5.74) is 1.85. The van der Waals surface area contributed by atoms with Crippen molar-refractivity contribution in [3.8, 4) is 11.5 Å². The van der Waals surface area contributed by atoms with Crippen molar-refractivity contribution in [1.82, 2.24) is 14.9 Å². The molecule has 0 unspecified atom stereocenters. The zero-order valence-electron chi connectivity index (χ0n) is 20.5. The maximum absolute atomic E-state index is 12.8. The predicted octanol–water partition coefficient (Wildman–Crippen LogP) is 3.13. The van der Waals surface area contributed by atoms with Gasteiger partial charge in [0, 0.05) is 51.6 Å². The van der Waals surface area contributed by atoms with E-state index in [2.05, 4.69) is 20.6 Å². The van der Waals surface area contributed by atoms with Gasteiger partial charge in [0.25, 0.3) is 5.91 Å². The van der Waals surface area contributed by atoms with E-state index in [0.717, 1.165) is 31.4 Å². The van der Waals surface area contributed by atoms with E-state index in [1.54, 1.807) is 18.2 Å². The van der Waals surface area contributed by atoms with Crippen LogP contribution < -0.4 is 25.0 Å². The Morgan fingerprint density at radius 2 is 1.86 bits per heavy atom. The molecule has 2 aliphatic rings. The SMILES string of the molecule is COc1ccc2cc1OCCCCCC(=O)N(C)CCCN(C)c1ncnc3c1/C(=C/N2)C(=O)N3. The number of carbonyl (C=O) groups excluding carboxylic acids is 2. The Morgan fingerprint density at radius 1 is 1.03 bits per heavy atom. The van der Waals surface area contributed by atoms with Crippen LogP contribution in [0.3, 0.4) is 0 Å². The Hall–Kier alpha value is -3.82. The van der Waals surface area contributed by atoms with Crippen LogP contribution in [0, 0.1) is 0 Å². The zero-order chi connectivity index (χ0) is 24.8. The maximum Gasteiger partial charge on any atom is 0.259 e. The number of methoxy groups -OCH3 is 1. The number of ether oxygens (including phenoxy) is 2. The molecule has 0 spiro atoms. The molecule has 0 fully saturated rings. The largest absolute Gasteiger partial charge is 0.493 e. The second kappa shape index (κ2) is 11.1. The number of nitrogens with zero attached hydrogens (tertiary/aromatic N) is 4. The molecule has 2 aliphatic heterocycles. The summed E-state index contributed by atoms with van der Waals surface area (Å²) >= 11 is 0. The van der Waals surface area contributed by atoms with Gasteiger partial charge >= 0.3 is 0 Å². The highest BCUT2D eigenvalue weighted by molar-refractivity contribution is 6.32. The molecule has 10 nitrogen and oxygen atoms in total. The summed E-state index contributed by atoms with van der Waals surface area (Å²) in [5.74, 6) is 2.27. The molecule has 2 bridgehead atoms. The first-order valence-corrected chi connectivity index (χ1v) is 11.9. The van der Waals surface area contributed by atoms with Crippen molar-refractivity contribution in [2.45, 2.75) is 32.1 Å². The lowest BCUT2D eigenvalue weighted by Crippen LogP contribution is -2.30. The van der Waals surface area contributed by atoms with Gasteiger partial charge in [0.2, 0.25) is 5.91 Å². The minimum absolute atomic E-state index is 0.145. The van der Waals surface area contributed by atoms with E-state index in [0.29, 0.717) is 60.4 Å². The topological polar surface area (TPSA) is 109 Å². The minimum Gasteiger partial charge on any atom is -0.493 e. The first-order chi connectivity index (χ1) is 17.0. The summed E-state index contributed by atoms with van der Waals surface area (Å²) in [6, 6.07) is 5.52. The van der Waals surface area contributed by atoms with Gasteiger partial charge in [-0.05, 0) is 37.8 Å². The van der Waals surface area contributed by atoms with E-state index in [1.165, 1.54) is 6.33 Å². The molecule has 0 saturated carbocycles. The number of hydrogen-bond acceptors (Lipinski definition) is 8. The number of anilines is 3. The summed E-state index contributed by atoms with van der Waals surface area (Å²) < 4.78 is 11.4. The summed E-state index contributed by atoms with van der Waals surface area (Å²) in [6.45, 7) is 1.85. The van der Waals surface area contributed by atoms with Crippen LogP contribution in [0.1, 0.15) is 37.7 Å². The molecule has 0 atom stereocenters. The van der Waals surface area contributed by atoms with Crippen LogP contribution in [0.15, 0.2) is 30.7 Å². The fourth-order valence-corrected chi connectivity index (χ4v) is 4.17. The highest BCUT2D eigenvalue weighted by Crippen LogP contribution is 2.36. The van der Waals surface area contributed by atoms with Crippen LogP contribution >= 0.6 is 0 Å². The summed E-state index contributed by atoms with van der Waals surface area (Å²) in [4.78, 5) is 37.7. The van der Waals surface area contributed by atoms with Crippen LogP contribution in [0.5, 0.6) is 11.5 Å². The molecule has 2 aromatic rings. The number of carbonyl (C=O) groups is 2. The molecule has 4 rings (SSSR count). The third kappa shape index (κ3) is 5.64. The molecular formula is C25H32N6O4. The average molecular weight is 481 g/mol. The van der Waals surface area contributed by atoms with Gasteiger partial charge in [-0.15, -0.1) is 0 Å². The van der Waals surface area contributed by atoms with E-state index in [1.807, 2.05) is 37.2 Å². The molecule has 2 N–H and O–H groups in total. The second-order valence-corrected chi connectivity index (χ2v) is 8.69. The quantitative estimate of drug-likeness (QED) is 0.641. The highest BCUT2D eigenvalue weighted by Gasteiger charge is 2.30. The highest BCUT2D eigenvalue weighted by atomic mass is 16.5. The number of rotatable bonds is 1. The van der Waals surface area contributed by atoms with Crippen LogP contribution in [-0.2, 0) is 9.59 Å². The molecule has 3 heterocycles. The lowest BCUT2D eigenvalue weighted by atomic mass is 10.1. The monoisotopic (exact) mass is 480 g/mol. The van der Waals surface area contributed by atoms with Crippen LogP contribution in [0.25, 0.3) is 5.57 Å². The van der Waals surface area contributed by atoms with Crippen molar-refractivity contribution in [3.63, 3.8) is 0 Å². The number of benzene rings is 1. The summed E-state index contributed by atoms with van der Waals surface area (Å²) in [7, 11) is 5.37. The van der Waals surface area contributed by atoms with Crippen LogP contribution in [-0.4, -0.2) is 67.6 Å². The molecule has 2 amide bonds. The van der Waals surface area contributed by atoms with Crippen molar-refractivity contribution < 1.29 is 19.1 Å². The third-order valence-electron chi connectivity index (χ3n) is 6.19. The fourth-order valence-electron chi connectivity index (χ4n) is 4.17. The Balaban J connectivity index is 1.65. The van der Waals surface area contributed by atoms with Gasteiger partial charge in [-0.2, -0.15) is 0 Å². The molecule has 10 heteroatoms. The standard InChI is InChI=1S/C25H32N6O4/c1-30-11-7-12-31(2)24-22-18(25(33)29-23(22)27-16-28-24)15-26-17-9-10-19(34-3)20(14-17)35-13-6-4-5-8-21(30)32/h9-10,14-16,26H,4-8,11-13H2,1-3H3,(H,27,28,29,33)/b18-15-. The predicted molar refractivity (Wildman–Crippen MR) is 135 cm³/mol. The van der Waals surface area contributed by atoms with Gasteiger partial charge in [-0.25, -0.2) is 9.97 Å². The molecule has 1 aromatic heterocycles. The summed E-state index contributed by atoms with van der Waals surface area (Å²) in [6.07, 6.45) is 6.98. The second-order valence-electron chi connectivity index (χ2n) is 8.69. The molecule has 0 radical (unpaired) electrons. The first-order valence-electron chi connectivity index (χ1n) is 11.9. The summed E-state index contributed by atoms with van der Waals surface area (Å²) in [5, 5.41) is 6.03. The van der Waals surface area contributed by atoms with Gasteiger partial charge in [0.15, 0.2) is 11.5 Å². The minimum atomic E-state index is -0.250. The van der Waals surface area contributed by atoms with Crippen molar-refractivity contribution in [3.05, 3.63) is 36.3 Å². The Bertz CT molecular complexity index is 1120. The molecule has 35 heavy (non-hydrogen) atoms.